The molecule has 0 aliphatic heterocycles. The van der Waals surface area contributed by atoms with Crippen LogP contribution in [0.1, 0.15) is 0 Å². The van der Waals surface area contributed by atoms with Crippen molar-refractivity contribution < 1.29 is 8.42 Å². The lowest BCUT2D eigenvalue weighted by molar-refractivity contribution is 0.589. The lowest BCUT2D eigenvalue weighted by Gasteiger charge is -2.11. The zero-order valence-electron chi connectivity index (χ0n) is 10.1. The van der Waals surface area contributed by atoms with E-state index < -0.39 is 10.0 Å². The Bertz CT molecular complexity index is 460. The van der Waals surface area contributed by atoms with E-state index in [-0.39, 0.29) is 0 Å². The molecule has 0 aliphatic rings. The predicted octanol–water partition coefficient (Wildman–Crippen LogP) is -0.496. The minimum Gasteiger partial charge on any atom is -0.369 e. The topological polar surface area (TPSA) is 87.2 Å². The second-order valence-electron chi connectivity index (χ2n) is 3.73. The third kappa shape index (κ3) is 5.45. The van der Waals surface area contributed by atoms with Gasteiger partial charge in [-0.15, -0.1) is 0 Å². The third-order valence-corrected chi connectivity index (χ3v) is 2.57. The Hall–Kier alpha value is -1.41. The maximum atomic E-state index is 10.8. The second-order valence-corrected chi connectivity index (χ2v) is 5.56. The van der Waals surface area contributed by atoms with E-state index in [1.165, 1.54) is 0 Å². The summed E-state index contributed by atoms with van der Waals surface area (Å²) < 4.78 is 24.0. The molecule has 7 nitrogen and oxygen atoms in total. The van der Waals surface area contributed by atoms with Gasteiger partial charge in [-0.1, -0.05) is 0 Å². The molecular weight excluding hydrogens is 242 g/mol. The van der Waals surface area contributed by atoms with Crippen molar-refractivity contribution in [3.8, 4) is 0 Å². The molecule has 0 aromatic carbocycles. The number of hydrogen-bond donors (Lipinski definition) is 2. The largest absolute Gasteiger partial charge is 0.369 e. The molecule has 0 unspecified atom stereocenters. The molecule has 2 N–H and O–H groups in total. The van der Waals surface area contributed by atoms with Gasteiger partial charge in [0.2, 0.25) is 16.0 Å². The van der Waals surface area contributed by atoms with Crippen LogP contribution >= 0.6 is 0 Å². The van der Waals surface area contributed by atoms with Gasteiger partial charge in [0, 0.05) is 33.4 Å². The van der Waals surface area contributed by atoms with Crippen LogP contribution in [0.25, 0.3) is 0 Å². The normalized spacial score (nSPS) is 11.2. The summed E-state index contributed by atoms with van der Waals surface area (Å²) in [5.74, 6) is 1.27. The van der Waals surface area contributed by atoms with Gasteiger partial charge in [0.25, 0.3) is 0 Å². The molecular formula is C9H17N5O2S. The summed E-state index contributed by atoms with van der Waals surface area (Å²) in [6.45, 7) is 0.789. The average molecular weight is 259 g/mol. The van der Waals surface area contributed by atoms with Crippen LogP contribution < -0.4 is 14.9 Å². The lowest BCUT2D eigenvalue weighted by atomic mass is 10.5. The highest BCUT2D eigenvalue weighted by Gasteiger charge is 2.01. The lowest BCUT2D eigenvalue weighted by Crippen LogP contribution is -2.27. The Morgan fingerprint density at radius 2 is 2.06 bits per heavy atom. The first-order valence-corrected chi connectivity index (χ1v) is 6.96. The second kappa shape index (κ2) is 5.78. The average Bonchev–Trinajstić information content (AvgIpc) is 2.23. The summed E-state index contributed by atoms with van der Waals surface area (Å²) in [6, 6.07) is 1.73. The van der Waals surface area contributed by atoms with Gasteiger partial charge >= 0.3 is 0 Å². The maximum absolute atomic E-state index is 10.8. The molecule has 0 radical (unpaired) electrons. The van der Waals surface area contributed by atoms with E-state index in [1.54, 1.807) is 17.2 Å². The van der Waals surface area contributed by atoms with Gasteiger partial charge in [-0.2, -0.15) is 4.98 Å². The quantitative estimate of drug-likeness (QED) is 0.670. The predicted molar refractivity (Wildman–Crippen MR) is 67.7 cm³/mol. The van der Waals surface area contributed by atoms with E-state index in [1.807, 2.05) is 14.1 Å². The number of nitrogens with one attached hydrogen (secondary N) is 2. The number of hydrogen-bond acceptors (Lipinski definition) is 6. The van der Waals surface area contributed by atoms with Crippen LogP contribution in [0.2, 0.25) is 0 Å². The first-order chi connectivity index (χ1) is 7.88. The Balaban J connectivity index is 2.44. The van der Waals surface area contributed by atoms with Crippen molar-refractivity contribution in [1.82, 2.24) is 14.7 Å². The Labute approximate surface area is 101 Å². The van der Waals surface area contributed by atoms with Crippen LogP contribution in [0.4, 0.5) is 11.8 Å². The minimum absolute atomic E-state index is 0.320. The number of anilines is 2. The number of aromatic nitrogens is 2. The number of rotatable bonds is 6. The fourth-order valence-electron chi connectivity index (χ4n) is 1.09. The van der Waals surface area contributed by atoms with E-state index >= 15 is 0 Å². The van der Waals surface area contributed by atoms with Crippen molar-refractivity contribution in [2.45, 2.75) is 0 Å². The van der Waals surface area contributed by atoms with Crippen LogP contribution in [0.15, 0.2) is 12.3 Å². The van der Waals surface area contributed by atoms with Crippen molar-refractivity contribution in [3.05, 3.63) is 12.3 Å². The summed E-state index contributed by atoms with van der Waals surface area (Å²) in [7, 11) is 0.572. The number of nitrogens with zero attached hydrogens (tertiary/aromatic N) is 3. The van der Waals surface area contributed by atoms with Crippen LogP contribution in [-0.4, -0.2) is 51.8 Å². The fraction of sp³-hybridized carbons (Fsp3) is 0.556. The van der Waals surface area contributed by atoms with Crippen molar-refractivity contribution in [2.24, 2.45) is 0 Å². The minimum atomic E-state index is -3.13. The molecule has 0 bridgehead atoms. The van der Waals surface area contributed by atoms with E-state index in [4.69, 9.17) is 0 Å². The SMILES string of the molecule is CN(C)c1nccc(NCCNS(C)(=O)=O)n1. The molecule has 17 heavy (non-hydrogen) atoms. The van der Waals surface area contributed by atoms with Crippen LogP contribution in [-0.2, 0) is 10.0 Å². The van der Waals surface area contributed by atoms with E-state index in [0.29, 0.717) is 24.9 Å². The molecule has 0 fully saturated rings. The standard InChI is InChI=1S/C9H17N5O2S/c1-14(2)9-11-5-4-8(13-9)10-6-7-12-17(3,15)16/h4-5,12H,6-7H2,1-3H3,(H,10,11,13). The van der Waals surface area contributed by atoms with Crippen LogP contribution in [0.3, 0.4) is 0 Å². The van der Waals surface area contributed by atoms with Crippen molar-refractivity contribution in [1.29, 1.82) is 0 Å². The van der Waals surface area contributed by atoms with Gasteiger partial charge in [-0.05, 0) is 6.07 Å². The molecule has 1 aromatic rings. The summed E-state index contributed by atoms with van der Waals surface area (Å²) in [5.41, 5.74) is 0. The van der Waals surface area contributed by atoms with Gasteiger partial charge in [0.05, 0.1) is 6.26 Å². The van der Waals surface area contributed by atoms with Gasteiger partial charge in [-0.3, -0.25) is 0 Å². The summed E-state index contributed by atoms with van der Waals surface area (Å²) in [5, 5.41) is 3.01. The van der Waals surface area contributed by atoms with Crippen molar-refractivity contribution >= 4 is 21.8 Å². The van der Waals surface area contributed by atoms with E-state index in [2.05, 4.69) is 20.0 Å². The zero-order chi connectivity index (χ0) is 12.9. The first kappa shape index (κ1) is 13.7. The molecule has 1 rings (SSSR count). The van der Waals surface area contributed by atoms with Crippen LogP contribution in [0.5, 0.6) is 0 Å². The molecule has 1 heterocycles. The summed E-state index contributed by atoms with van der Waals surface area (Å²) in [6.07, 6.45) is 2.77. The van der Waals surface area contributed by atoms with Gasteiger partial charge in [0.1, 0.15) is 5.82 Å². The van der Waals surface area contributed by atoms with E-state index in [0.717, 1.165) is 6.26 Å². The molecule has 0 saturated heterocycles. The van der Waals surface area contributed by atoms with Gasteiger partial charge < -0.3 is 10.2 Å². The Morgan fingerprint density at radius 3 is 2.65 bits per heavy atom. The molecule has 0 amide bonds. The van der Waals surface area contributed by atoms with Gasteiger partial charge in [-0.25, -0.2) is 18.1 Å². The fourth-order valence-corrected chi connectivity index (χ4v) is 1.56. The molecule has 8 heteroatoms. The Morgan fingerprint density at radius 1 is 1.35 bits per heavy atom. The molecule has 0 atom stereocenters. The third-order valence-electron chi connectivity index (χ3n) is 1.84. The molecule has 0 aliphatic carbocycles. The van der Waals surface area contributed by atoms with Gasteiger partial charge in [0.15, 0.2) is 0 Å². The monoisotopic (exact) mass is 259 g/mol. The molecule has 0 saturated carbocycles. The molecule has 1 aromatic heterocycles. The van der Waals surface area contributed by atoms with Crippen molar-refractivity contribution in [3.63, 3.8) is 0 Å². The highest BCUT2D eigenvalue weighted by atomic mass is 32.2. The smallest absolute Gasteiger partial charge is 0.226 e. The van der Waals surface area contributed by atoms with Crippen LogP contribution in [0, 0.1) is 0 Å². The summed E-state index contributed by atoms with van der Waals surface area (Å²) >= 11 is 0. The van der Waals surface area contributed by atoms with E-state index in [9.17, 15) is 8.42 Å². The molecule has 96 valence electrons. The summed E-state index contributed by atoms with van der Waals surface area (Å²) in [4.78, 5) is 10.1. The number of sulfonamides is 1. The Kier molecular flexibility index (Phi) is 4.64. The maximum Gasteiger partial charge on any atom is 0.226 e. The zero-order valence-corrected chi connectivity index (χ0v) is 11.0. The molecule has 0 spiro atoms. The van der Waals surface area contributed by atoms with Crippen molar-refractivity contribution in [2.75, 3.05) is 43.7 Å². The highest BCUT2D eigenvalue weighted by molar-refractivity contribution is 7.88. The first-order valence-electron chi connectivity index (χ1n) is 5.07. The highest BCUT2D eigenvalue weighted by Crippen LogP contribution is 2.06.